The van der Waals surface area contributed by atoms with Gasteiger partial charge in [0.15, 0.2) is 0 Å². The normalized spacial score (nSPS) is 13.0. The topological polar surface area (TPSA) is 30.7 Å². The minimum Gasteiger partial charge on any atom is -0.245 e. The lowest BCUT2D eigenvalue weighted by Gasteiger charge is -2.21. The van der Waals surface area contributed by atoms with E-state index in [1.807, 2.05) is 20.8 Å². The number of unbranched alkanes of at least 4 members (excludes halogenated alkanes) is 3. The monoisotopic (exact) mass is 325 g/mol. The molecule has 1 rings (SSSR count). The molecule has 0 saturated carbocycles. The summed E-state index contributed by atoms with van der Waals surface area (Å²) in [5.41, 5.74) is 1.16. The minimum atomic E-state index is -1.49. The molecule has 110 valence electrons. The van der Waals surface area contributed by atoms with Gasteiger partial charge in [-0.25, -0.2) is 4.68 Å². The zero-order chi connectivity index (χ0) is 14.7. The molecular weight excluding hydrogens is 305 g/mol. The summed E-state index contributed by atoms with van der Waals surface area (Å²) in [6.45, 7) is 9.04. The molecule has 0 aliphatic rings. The van der Waals surface area contributed by atoms with Crippen molar-refractivity contribution in [3.05, 3.63) is 11.4 Å². The van der Waals surface area contributed by atoms with E-state index in [0.717, 1.165) is 25.1 Å². The molecule has 0 spiro atoms. The minimum absolute atomic E-state index is 0.194. The van der Waals surface area contributed by atoms with Crippen LogP contribution in [0.1, 0.15) is 64.8 Å². The van der Waals surface area contributed by atoms with Gasteiger partial charge in [0.2, 0.25) is 3.79 Å². The lowest BCUT2D eigenvalue weighted by Crippen LogP contribution is -2.20. The summed E-state index contributed by atoms with van der Waals surface area (Å²) in [6, 6.07) is 0. The summed E-state index contributed by atoms with van der Waals surface area (Å²) < 4.78 is 0.250. The van der Waals surface area contributed by atoms with Gasteiger partial charge in [-0.15, -0.1) is 5.10 Å². The lowest BCUT2D eigenvalue weighted by atomic mass is 9.91. The van der Waals surface area contributed by atoms with Gasteiger partial charge in [-0.2, -0.15) is 0 Å². The average molecular weight is 327 g/mol. The van der Waals surface area contributed by atoms with Crippen molar-refractivity contribution in [1.82, 2.24) is 15.0 Å². The SMILES string of the molecule is CCCCCCn1nnc(C(C)(C)C)c1C(Cl)(Cl)Cl. The third-order valence-electron chi connectivity index (χ3n) is 2.94. The molecule has 1 aromatic rings. The number of rotatable bonds is 5. The van der Waals surface area contributed by atoms with E-state index in [1.165, 1.54) is 12.8 Å². The van der Waals surface area contributed by atoms with Crippen LogP contribution in [-0.4, -0.2) is 15.0 Å². The molecule has 0 amide bonds. The molecule has 0 aliphatic heterocycles. The third-order valence-corrected chi connectivity index (χ3v) is 3.47. The Morgan fingerprint density at radius 2 is 1.68 bits per heavy atom. The van der Waals surface area contributed by atoms with E-state index in [2.05, 4.69) is 17.2 Å². The van der Waals surface area contributed by atoms with Crippen molar-refractivity contribution in [3.63, 3.8) is 0 Å². The molecule has 6 heteroatoms. The number of aromatic nitrogens is 3. The zero-order valence-corrected chi connectivity index (χ0v) is 14.3. The van der Waals surface area contributed by atoms with Crippen LogP contribution in [0.5, 0.6) is 0 Å². The molecular formula is C13H22Cl3N3. The molecule has 1 aromatic heterocycles. The van der Waals surface area contributed by atoms with Gasteiger partial charge in [0.05, 0.1) is 5.69 Å². The maximum absolute atomic E-state index is 6.09. The number of alkyl halides is 3. The van der Waals surface area contributed by atoms with Crippen molar-refractivity contribution in [2.75, 3.05) is 0 Å². The van der Waals surface area contributed by atoms with Crippen LogP contribution >= 0.6 is 34.8 Å². The third kappa shape index (κ3) is 4.80. The standard InChI is InChI=1S/C13H22Cl3N3/c1-5-6-7-8-9-19-11(13(14,15)16)10(17-18-19)12(2,3)4/h5-9H2,1-4H3. The van der Waals surface area contributed by atoms with Crippen LogP contribution in [0.4, 0.5) is 0 Å². The number of aryl methyl sites for hydroxylation is 1. The van der Waals surface area contributed by atoms with Gasteiger partial charge >= 0.3 is 0 Å². The molecule has 0 saturated heterocycles. The van der Waals surface area contributed by atoms with Gasteiger partial charge < -0.3 is 0 Å². The highest BCUT2D eigenvalue weighted by Gasteiger charge is 2.36. The maximum atomic E-state index is 6.09. The van der Waals surface area contributed by atoms with E-state index in [9.17, 15) is 0 Å². The molecule has 0 unspecified atom stereocenters. The molecule has 3 nitrogen and oxygen atoms in total. The van der Waals surface area contributed by atoms with Crippen LogP contribution in [0.2, 0.25) is 0 Å². The van der Waals surface area contributed by atoms with Gasteiger partial charge in [-0.3, -0.25) is 0 Å². The van der Waals surface area contributed by atoms with E-state index in [1.54, 1.807) is 4.68 Å². The fourth-order valence-electron chi connectivity index (χ4n) is 1.94. The van der Waals surface area contributed by atoms with Crippen LogP contribution in [0.3, 0.4) is 0 Å². The molecule has 0 bridgehead atoms. The quantitative estimate of drug-likeness (QED) is 0.564. The first kappa shape index (κ1) is 17.1. The number of hydrogen-bond donors (Lipinski definition) is 0. The molecule has 0 aromatic carbocycles. The second kappa shape index (κ2) is 6.64. The van der Waals surface area contributed by atoms with Crippen molar-refractivity contribution >= 4 is 34.8 Å². The predicted octanol–water partition coefficient (Wildman–Crippen LogP) is 4.98. The average Bonchev–Trinajstić information content (AvgIpc) is 2.67. The van der Waals surface area contributed by atoms with Crippen molar-refractivity contribution in [1.29, 1.82) is 0 Å². The predicted molar refractivity (Wildman–Crippen MR) is 82.1 cm³/mol. The van der Waals surface area contributed by atoms with Gasteiger partial charge in [-0.1, -0.05) is 87.0 Å². The highest BCUT2D eigenvalue weighted by molar-refractivity contribution is 6.66. The molecule has 0 aliphatic carbocycles. The van der Waals surface area contributed by atoms with Crippen molar-refractivity contribution < 1.29 is 0 Å². The number of hydrogen-bond acceptors (Lipinski definition) is 2. The smallest absolute Gasteiger partial charge is 0.234 e. The molecule has 19 heavy (non-hydrogen) atoms. The van der Waals surface area contributed by atoms with Gasteiger partial charge in [0, 0.05) is 12.0 Å². The van der Waals surface area contributed by atoms with Gasteiger partial charge in [0.1, 0.15) is 5.69 Å². The first-order valence-electron chi connectivity index (χ1n) is 6.69. The van der Waals surface area contributed by atoms with Gasteiger partial charge in [-0.05, 0) is 6.42 Å². The Bertz CT molecular complexity index is 402. The highest BCUT2D eigenvalue weighted by Crippen LogP contribution is 2.42. The van der Waals surface area contributed by atoms with E-state index >= 15 is 0 Å². The van der Waals surface area contributed by atoms with E-state index in [0.29, 0.717) is 5.69 Å². The largest absolute Gasteiger partial charge is 0.245 e. The molecule has 0 N–H and O–H groups in total. The number of halogens is 3. The second-order valence-electron chi connectivity index (χ2n) is 5.82. The van der Waals surface area contributed by atoms with Crippen LogP contribution < -0.4 is 0 Å². The molecule has 0 fully saturated rings. The van der Waals surface area contributed by atoms with E-state index in [4.69, 9.17) is 34.8 Å². The highest BCUT2D eigenvalue weighted by atomic mass is 35.6. The Balaban J connectivity index is 2.96. The second-order valence-corrected chi connectivity index (χ2v) is 8.10. The Hall–Kier alpha value is 0.01000. The lowest BCUT2D eigenvalue weighted by molar-refractivity contribution is 0.513. The maximum Gasteiger partial charge on any atom is 0.234 e. The fourth-order valence-corrected chi connectivity index (χ4v) is 2.50. The van der Waals surface area contributed by atoms with Gasteiger partial charge in [0.25, 0.3) is 0 Å². The number of nitrogens with zero attached hydrogens (tertiary/aromatic N) is 3. The summed E-state index contributed by atoms with van der Waals surface area (Å²) in [6.07, 6.45) is 4.58. The Labute approximate surface area is 130 Å². The van der Waals surface area contributed by atoms with Crippen molar-refractivity contribution in [2.24, 2.45) is 0 Å². The summed E-state index contributed by atoms with van der Waals surface area (Å²) in [5, 5.41) is 8.37. The summed E-state index contributed by atoms with van der Waals surface area (Å²) in [5.74, 6) is 0. The van der Waals surface area contributed by atoms with Crippen LogP contribution in [0.25, 0.3) is 0 Å². The van der Waals surface area contributed by atoms with Crippen molar-refractivity contribution in [2.45, 2.75) is 69.1 Å². The van der Waals surface area contributed by atoms with Crippen molar-refractivity contribution in [3.8, 4) is 0 Å². The Kier molecular flexibility index (Phi) is 5.96. The molecule has 1 heterocycles. The molecule has 0 radical (unpaired) electrons. The fraction of sp³-hybridized carbons (Fsp3) is 0.846. The van der Waals surface area contributed by atoms with E-state index < -0.39 is 3.79 Å². The van der Waals surface area contributed by atoms with Crippen LogP contribution in [-0.2, 0) is 15.8 Å². The Morgan fingerprint density at radius 3 is 2.16 bits per heavy atom. The van der Waals surface area contributed by atoms with Crippen LogP contribution in [0, 0.1) is 0 Å². The first-order valence-corrected chi connectivity index (χ1v) is 7.82. The zero-order valence-electron chi connectivity index (χ0n) is 12.0. The summed E-state index contributed by atoms with van der Waals surface area (Å²) >= 11 is 18.3. The van der Waals surface area contributed by atoms with E-state index in [-0.39, 0.29) is 5.41 Å². The summed E-state index contributed by atoms with van der Waals surface area (Å²) in [7, 11) is 0. The summed E-state index contributed by atoms with van der Waals surface area (Å²) in [4.78, 5) is 0. The first-order chi connectivity index (χ1) is 8.68. The Morgan fingerprint density at radius 1 is 1.05 bits per heavy atom. The van der Waals surface area contributed by atoms with Crippen LogP contribution in [0.15, 0.2) is 0 Å². The molecule has 0 atom stereocenters.